The number of methoxy groups -OCH3 is 2. The maximum atomic E-state index is 14.1. The number of nitrogens with one attached hydrogen (secondary N) is 4. The Bertz CT molecular complexity index is 2780. The van der Waals surface area contributed by atoms with E-state index in [0.29, 0.717) is 81.7 Å². The van der Waals surface area contributed by atoms with E-state index in [-0.39, 0.29) is 54.7 Å². The minimum absolute atomic E-state index is 0.00180. The number of aldehydes is 1. The fourth-order valence-corrected chi connectivity index (χ4v) is 11.7. The Morgan fingerprint density at radius 3 is 2.21 bits per heavy atom. The number of rotatable bonds is 23. The Balaban J connectivity index is 0.986. The highest BCUT2D eigenvalue weighted by Crippen LogP contribution is 2.42. The average Bonchev–Trinajstić information content (AvgIpc) is 3.90. The second-order valence-corrected chi connectivity index (χ2v) is 21.4. The van der Waals surface area contributed by atoms with Gasteiger partial charge in [-0.25, -0.2) is 0 Å². The Kier molecular flexibility index (Phi) is 17.1. The molecule has 3 amide bonds. The van der Waals surface area contributed by atoms with Gasteiger partial charge in [0.2, 0.25) is 11.8 Å². The van der Waals surface area contributed by atoms with E-state index in [4.69, 9.17) is 18.9 Å². The lowest BCUT2D eigenvalue weighted by Crippen LogP contribution is -2.45. The van der Waals surface area contributed by atoms with E-state index in [9.17, 15) is 24.3 Å². The topological polar surface area (TPSA) is 180 Å². The SMILES string of the molecule is CCC(C)NC(=O)CCCSSC(C)CC(=O)Nc1cc(COc2cc(NCC3Cc4ccccc4N3C)c(C=O)cc2OC)cc(COc2cc3c(cc2OC)C(=O)N2c4ccccc4CC2[C@@H](O)N3)c1. The summed E-state index contributed by atoms with van der Waals surface area (Å²) in [6.45, 7) is 6.74. The first-order valence-electron chi connectivity index (χ1n) is 24.4. The minimum atomic E-state index is -1.05. The van der Waals surface area contributed by atoms with Crippen LogP contribution in [0.5, 0.6) is 23.0 Å². The lowest BCUT2D eigenvalue weighted by molar-refractivity contribution is -0.121. The molecule has 5 aromatic rings. The first kappa shape index (κ1) is 51.8. The molecule has 8 rings (SSSR count). The number of benzene rings is 5. The van der Waals surface area contributed by atoms with Gasteiger partial charge in [-0.15, -0.1) is 0 Å². The Morgan fingerprint density at radius 1 is 0.861 bits per heavy atom. The molecular formula is C55H64N6O9S2. The van der Waals surface area contributed by atoms with Crippen molar-refractivity contribution in [1.82, 2.24) is 5.32 Å². The lowest BCUT2D eigenvalue weighted by Gasteiger charge is -2.26. The number of aliphatic hydroxyl groups excluding tert-OH is 1. The molecule has 17 heteroatoms. The molecule has 15 nitrogen and oxygen atoms in total. The number of amides is 3. The van der Waals surface area contributed by atoms with E-state index in [0.717, 1.165) is 42.6 Å². The standard InChI is InChI=1S/C55H64N6O9S2/c1-7-33(2)57-52(63)17-12-18-71-72-34(3)19-53(64)58-40-21-35(31-69-50-27-43(39(30-62)25-48(50)67-5)56-29-41-23-37-13-8-10-15-45(37)60(41)4)20-36(22-40)32-70-51-28-44-42(26-49(51)68-6)55(66)61-46-16-11-9-14-38(46)24-47(61)54(65)59-44/h8-11,13-16,20-22,25-28,30,33-34,41,47,54,56,59,65H,7,12,17-19,23-24,29,31-32H2,1-6H3,(H,57,63)(H,58,64)/t33?,34?,41?,47?,54-/m1/s1. The Morgan fingerprint density at radius 2 is 1.53 bits per heavy atom. The van der Waals surface area contributed by atoms with Crippen molar-refractivity contribution in [3.63, 3.8) is 0 Å². The zero-order valence-corrected chi connectivity index (χ0v) is 43.3. The molecule has 3 aliphatic heterocycles. The molecule has 0 bridgehead atoms. The first-order chi connectivity index (χ1) is 34.8. The second-order valence-electron chi connectivity index (χ2n) is 18.5. The molecule has 3 heterocycles. The number of carbonyl (C=O) groups excluding carboxylic acids is 4. The lowest BCUT2D eigenvalue weighted by atomic mass is 10.1. The summed E-state index contributed by atoms with van der Waals surface area (Å²) in [5, 5.41) is 24.1. The van der Waals surface area contributed by atoms with Crippen molar-refractivity contribution in [2.75, 3.05) is 59.3 Å². The molecule has 0 saturated heterocycles. The van der Waals surface area contributed by atoms with Crippen LogP contribution in [0.15, 0.2) is 91.0 Å². The summed E-state index contributed by atoms with van der Waals surface area (Å²) in [6.07, 6.45) is 3.48. The van der Waals surface area contributed by atoms with Crippen molar-refractivity contribution in [3.05, 3.63) is 124 Å². The van der Waals surface area contributed by atoms with Gasteiger partial charge >= 0.3 is 0 Å². The fraction of sp³-hybridized carbons (Fsp3) is 0.382. The van der Waals surface area contributed by atoms with Crippen LogP contribution in [-0.2, 0) is 35.6 Å². The molecule has 0 aromatic heterocycles. The molecule has 0 spiro atoms. The third-order valence-corrected chi connectivity index (χ3v) is 16.3. The van der Waals surface area contributed by atoms with Crippen LogP contribution in [0, 0.1) is 0 Å². The highest BCUT2D eigenvalue weighted by molar-refractivity contribution is 8.76. The quantitative estimate of drug-likeness (QED) is 0.0237. The van der Waals surface area contributed by atoms with Gasteiger partial charge in [0.1, 0.15) is 19.4 Å². The molecule has 5 atom stereocenters. The number of anilines is 5. The van der Waals surface area contributed by atoms with Gasteiger partial charge in [-0.2, -0.15) is 0 Å². The van der Waals surface area contributed by atoms with Crippen molar-refractivity contribution < 1.29 is 43.2 Å². The summed E-state index contributed by atoms with van der Waals surface area (Å²) in [6, 6.07) is 28.2. The summed E-state index contributed by atoms with van der Waals surface area (Å²) >= 11 is 0. The summed E-state index contributed by atoms with van der Waals surface area (Å²) in [5.74, 6) is 1.89. The molecule has 5 aromatic carbocycles. The van der Waals surface area contributed by atoms with Crippen LogP contribution in [0.25, 0.3) is 0 Å². The molecule has 0 fully saturated rings. The third kappa shape index (κ3) is 12.2. The molecule has 72 heavy (non-hydrogen) atoms. The molecule has 0 saturated carbocycles. The van der Waals surface area contributed by atoms with Gasteiger partial charge in [0.05, 0.1) is 37.6 Å². The number of aliphatic hydroxyl groups is 1. The minimum Gasteiger partial charge on any atom is -0.493 e. The van der Waals surface area contributed by atoms with E-state index in [1.165, 1.54) is 25.5 Å². The van der Waals surface area contributed by atoms with Crippen molar-refractivity contribution >= 4 is 74.0 Å². The fourth-order valence-electron chi connectivity index (χ4n) is 9.33. The van der Waals surface area contributed by atoms with E-state index in [1.54, 1.807) is 50.8 Å². The third-order valence-electron chi connectivity index (χ3n) is 13.3. The van der Waals surface area contributed by atoms with Crippen LogP contribution in [-0.4, -0.2) is 92.3 Å². The molecule has 4 unspecified atom stereocenters. The van der Waals surface area contributed by atoms with Gasteiger partial charge in [0.25, 0.3) is 5.91 Å². The zero-order chi connectivity index (χ0) is 50.9. The second kappa shape index (κ2) is 23.8. The summed E-state index contributed by atoms with van der Waals surface area (Å²) in [7, 11) is 8.38. The summed E-state index contributed by atoms with van der Waals surface area (Å²) < 4.78 is 24.4. The van der Waals surface area contributed by atoms with Crippen LogP contribution in [0.3, 0.4) is 0 Å². The largest absolute Gasteiger partial charge is 0.493 e. The van der Waals surface area contributed by atoms with Crippen molar-refractivity contribution in [2.24, 2.45) is 0 Å². The molecule has 380 valence electrons. The number of para-hydroxylation sites is 2. The highest BCUT2D eigenvalue weighted by Gasteiger charge is 2.42. The number of hydrogen-bond acceptors (Lipinski definition) is 14. The van der Waals surface area contributed by atoms with Gasteiger partial charge in [0, 0.05) is 83.9 Å². The van der Waals surface area contributed by atoms with E-state index in [1.807, 2.05) is 75.4 Å². The van der Waals surface area contributed by atoms with Crippen LogP contribution in [0.1, 0.15) is 89.4 Å². The van der Waals surface area contributed by atoms with E-state index >= 15 is 0 Å². The summed E-state index contributed by atoms with van der Waals surface area (Å²) in [4.78, 5) is 56.2. The number of hydrogen-bond donors (Lipinski definition) is 5. The van der Waals surface area contributed by atoms with Gasteiger partial charge in [-0.1, -0.05) is 71.8 Å². The predicted octanol–water partition coefficient (Wildman–Crippen LogP) is 9.26. The normalized spacial score (nSPS) is 17.3. The van der Waals surface area contributed by atoms with E-state index < -0.39 is 12.3 Å². The van der Waals surface area contributed by atoms with Crippen LogP contribution in [0.2, 0.25) is 0 Å². The van der Waals surface area contributed by atoms with Crippen LogP contribution in [0.4, 0.5) is 28.4 Å². The van der Waals surface area contributed by atoms with E-state index in [2.05, 4.69) is 45.3 Å². The van der Waals surface area contributed by atoms with Crippen LogP contribution >= 0.6 is 21.6 Å². The van der Waals surface area contributed by atoms with Crippen molar-refractivity contribution in [3.8, 4) is 23.0 Å². The maximum Gasteiger partial charge on any atom is 0.260 e. The molecule has 3 aliphatic rings. The van der Waals surface area contributed by atoms with Gasteiger partial charge in [-0.3, -0.25) is 19.2 Å². The Labute approximate surface area is 429 Å². The van der Waals surface area contributed by atoms with Gasteiger partial charge < -0.3 is 55.1 Å². The van der Waals surface area contributed by atoms with Gasteiger partial charge in [-0.05, 0) is 97.3 Å². The highest BCUT2D eigenvalue weighted by atomic mass is 33.1. The molecule has 5 N–H and O–H groups in total. The van der Waals surface area contributed by atoms with Crippen molar-refractivity contribution in [1.29, 1.82) is 0 Å². The Hall–Kier alpha value is -6.56. The molecule has 0 radical (unpaired) electrons. The predicted molar refractivity (Wildman–Crippen MR) is 288 cm³/mol. The molecular weight excluding hydrogens is 953 g/mol. The average molecular weight is 1020 g/mol. The number of carbonyl (C=O) groups is 4. The smallest absolute Gasteiger partial charge is 0.260 e. The number of likely N-dealkylation sites (N-methyl/N-ethyl adjacent to an activating group) is 1. The maximum absolute atomic E-state index is 14.1. The van der Waals surface area contributed by atoms with Crippen molar-refractivity contribution in [2.45, 2.75) is 102 Å². The number of fused-ring (bicyclic) bond motifs is 5. The summed E-state index contributed by atoms with van der Waals surface area (Å²) in [5.41, 5.74) is 7.97. The number of nitrogens with zero attached hydrogens (tertiary/aromatic N) is 2. The zero-order valence-electron chi connectivity index (χ0n) is 41.6. The first-order valence-corrected chi connectivity index (χ1v) is 26.8. The number of ether oxygens (including phenoxy) is 4. The molecule has 0 aliphatic carbocycles. The van der Waals surface area contributed by atoms with Gasteiger partial charge in [0.15, 0.2) is 29.3 Å². The monoisotopic (exact) mass is 1020 g/mol. The van der Waals surface area contributed by atoms with Crippen LogP contribution < -0.4 is 50.0 Å².